The van der Waals surface area contributed by atoms with Gasteiger partial charge in [-0.3, -0.25) is 19.2 Å². The van der Waals surface area contributed by atoms with Crippen molar-refractivity contribution < 1.29 is 28.7 Å². The molecule has 0 N–H and O–H groups in total. The number of allylic oxidation sites excluding steroid dienone is 1. The van der Waals surface area contributed by atoms with Crippen molar-refractivity contribution in [3.8, 4) is 0 Å². The quantitative estimate of drug-likeness (QED) is 0.503. The molecule has 0 aromatic heterocycles. The zero-order valence-corrected chi connectivity index (χ0v) is 18.2. The second kappa shape index (κ2) is 7.31. The lowest BCUT2D eigenvalue weighted by atomic mass is 9.46. The van der Waals surface area contributed by atoms with Crippen LogP contribution in [0.4, 0.5) is 0 Å². The normalized spacial score (nSPS) is 42.3. The van der Waals surface area contributed by atoms with Gasteiger partial charge in [-0.05, 0) is 74.2 Å². The molecule has 0 bridgehead atoms. The van der Waals surface area contributed by atoms with Crippen LogP contribution >= 0.6 is 0 Å². The predicted molar refractivity (Wildman–Crippen MR) is 108 cm³/mol. The molecule has 0 unspecified atom stereocenters. The Balaban J connectivity index is 1.65. The van der Waals surface area contributed by atoms with Crippen molar-refractivity contribution in [2.45, 2.75) is 77.7 Å². The van der Waals surface area contributed by atoms with E-state index in [1.807, 2.05) is 6.08 Å². The fraction of sp³-hybridized carbons (Fsp3) is 0.750. The average molecular weight is 417 g/mol. The maximum absolute atomic E-state index is 13.2. The van der Waals surface area contributed by atoms with Gasteiger partial charge >= 0.3 is 5.97 Å². The molecule has 164 valence electrons. The molecule has 30 heavy (non-hydrogen) atoms. The number of fused-ring (bicyclic) bond motifs is 5. The third-order valence-corrected chi connectivity index (χ3v) is 9.19. The van der Waals surface area contributed by atoms with E-state index < -0.39 is 17.0 Å². The van der Waals surface area contributed by atoms with E-state index in [-0.39, 0.29) is 29.5 Å². The Morgan fingerprint density at radius 2 is 1.83 bits per heavy atom. The lowest BCUT2D eigenvalue weighted by Gasteiger charge is -2.59. The predicted octanol–water partition coefficient (Wildman–Crippen LogP) is 3.56. The molecular weight excluding hydrogens is 384 g/mol. The smallest absolute Gasteiger partial charge is 0.303 e. The van der Waals surface area contributed by atoms with Crippen LogP contribution in [0.5, 0.6) is 0 Å². The molecule has 0 aromatic rings. The van der Waals surface area contributed by atoms with E-state index in [0.29, 0.717) is 31.1 Å². The van der Waals surface area contributed by atoms with Crippen molar-refractivity contribution in [3.05, 3.63) is 11.6 Å². The van der Waals surface area contributed by atoms with Crippen LogP contribution in [0.25, 0.3) is 0 Å². The summed E-state index contributed by atoms with van der Waals surface area (Å²) >= 11 is 0. The van der Waals surface area contributed by atoms with Gasteiger partial charge in [0.25, 0.3) is 6.47 Å². The maximum Gasteiger partial charge on any atom is 0.303 e. The van der Waals surface area contributed by atoms with E-state index in [9.17, 15) is 19.2 Å². The first-order valence-electron chi connectivity index (χ1n) is 11.2. The molecule has 6 nitrogen and oxygen atoms in total. The molecule has 0 amide bonds. The van der Waals surface area contributed by atoms with Crippen molar-refractivity contribution in [2.75, 3.05) is 6.61 Å². The van der Waals surface area contributed by atoms with Crippen molar-refractivity contribution in [3.63, 3.8) is 0 Å². The monoisotopic (exact) mass is 416 g/mol. The Kier molecular flexibility index (Phi) is 5.18. The van der Waals surface area contributed by atoms with Gasteiger partial charge < -0.3 is 9.47 Å². The Hall–Kier alpha value is -1.98. The minimum atomic E-state index is -1.22. The van der Waals surface area contributed by atoms with E-state index in [1.54, 1.807) is 0 Å². The molecule has 0 radical (unpaired) electrons. The molecule has 3 fully saturated rings. The standard InChI is InChI=1S/C24H32O6/c1-15(26)29-13-21(28)24(30-14-25)11-8-20-18-5-4-16-12-17(27)6-9-22(16,2)19(18)7-10-23(20,24)3/h12,14,18-20H,4-11,13H2,1-3H3/t18-,19+,20+,22+,23+,24+/m1/s1. The first kappa shape index (κ1) is 21.3. The van der Waals surface area contributed by atoms with Gasteiger partial charge in [0.05, 0.1) is 0 Å². The number of esters is 1. The lowest BCUT2D eigenvalue weighted by Crippen LogP contribution is -2.59. The van der Waals surface area contributed by atoms with Crippen LogP contribution in [0.15, 0.2) is 11.6 Å². The number of ether oxygens (including phenoxy) is 2. The topological polar surface area (TPSA) is 86.7 Å². The highest BCUT2D eigenvalue weighted by atomic mass is 16.6. The SMILES string of the molecule is CC(=O)OCC(=O)[C@@]1(OC=O)CC[C@H]2[C@@H]3CCC4=CC(=O)CC[C@]4(C)[C@H]3CC[C@@]21C. The highest BCUT2D eigenvalue weighted by Gasteiger charge is 2.68. The first-order chi connectivity index (χ1) is 14.2. The molecule has 0 heterocycles. The van der Waals surface area contributed by atoms with Gasteiger partial charge in [0.2, 0.25) is 5.78 Å². The van der Waals surface area contributed by atoms with Crippen LogP contribution in [0.1, 0.15) is 72.1 Å². The van der Waals surface area contributed by atoms with Gasteiger partial charge in [-0.2, -0.15) is 0 Å². The van der Waals surface area contributed by atoms with Crippen molar-refractivity contribution >= 4 is 24.0 Å². The summed E-state index contributed by atoms with van der Waals surface area (Å²) in [5.74, 6) is 0.626. The summed E-state index contributed by atoms with van der Waals surface area (Å²) in [5, 5.41) is 0. The molecule has 0 aliphatic heterocycles. The first-order valence-corrected chi connectivity index (χ1v) is 11.2. The molecule has 0 spiro atoms. The molecular formula is C24H32O6. The summed E-state index contributed by atoms with van der Waals surface area (Å²) in [6, 6.07) is 0. The van der Waals surface area contributed by atoms with E-state index in [2.05, 4.69) is 13.8 Å². The van der Waals surface area contributed by atoms with Gasteiger partial charge in [0, 0.05) is 18.8 Å². The fourth-order valence-electron chi connectivity index (χ4n) is 7.64. The molecule has 6 heteroatoms. The second-order valence-corrected chi connectivity index (χ2v) is 10.2. The lowest BCUT2D eigenvalue weighted by molar-refractivity contribution is -0.183. The number of ketones is 2. The van der Waals surface area contributed by atoms with E-state index >= 15 is 0 Å². The summed E-state index contributed by atoms with van der Waals surface area (Å²) in [7, 11) is 0. The maximum atomic E-state index is 13.2. The van der Waals surface area contributed by atoms with Crippen molar-refractivity contribution in [1.82, 2.24) is 0 Å². The highest BCUT2D eigenvalue weighted by Crippen LogP contribution is 2.68. The number of carbonyl (C=O) groups excluding carboxylic acids is 4. The van der Waals surface area contributed by atoms with Crippen LogP contribution in [0.2, 0.25) is 0 Å². The second-order valence-electron chi connectivity index (χ2n) is 10.2. The third-order valence-electron chi connectivity index (χ3n) is 9.19. The van der Waals surface area contributed by atoms with E-state index in [4.69, 9.17) is 9.47 Å². The molecule has 0 aromatic carbocycles. The van der Waals surface area contributed by atoms with Crippen LogP contribution in [-0.4, -0.2) is 36.2 Å². The summed E-state index contributed by atoms with van der Waals surface area (Å²) in [6.45, 7) is 5.72. The molecule has 4 rings (SSSR count). The minimum Gasteiger partial charge on any atom is -0.458 e. The van der Waals surface area contributed by atoms with Gasteiger partial charge in [0.1, 0.15) is 0 Å². The van der Waals surface area contributed by atoms with E-state index in [0.717, 1.165) is 38.5 Å². The van der Waals surface area contributed by atoms with Crippen molar-refractivity contribution in [2.24, 2.45) is 28.6 Å². The van der Waals surface area contributed by atoms with E-state index in [1.165, 1.54) is 12.5 Å². The largest absolute Gasteiger partial charge is 0.458 e. The minimum absolute atomic E-state index is 0.0523. The zero-order valence-electron chi connectivity index (χ0n) is 18.2. The summed E-state index contributed by atoms with van der Waals surface area (Å²) in [5.41, 5.74) is -0.326. The van der Waals surface area contributed by atoms with Crippen LogP contribution in [0, 0.1) is 28.6 Å². The van der Waals surface area contributed by atoms with Crippen LogP contribution < -0.4 is 0 Å². The molecule has 3 saturated carbocycles. The molecule has 6 atom stereocenters. The Morgan fingerprint density at radius 3 is 2.53 bits per heavy atom. The summed E-state index contributed by atoms with van der Waals surface area (Å²) in [4.78, 5) is 47.9. The molecule has 4 aliphatic rings. The van der Waals surface area contributed by atoms with Crippen LogP contribution in [0.3, 0.4) is 0 Å². The number of Topliss-reactive ketones (excluding diaryl/α,β-unsaturated/α-hetero) is 1. The van der Waals surface area contributed by atoms with Gasteiger partial charge in [0.15, 0.2) is 18.0 Å². The number of hydrogen-bond acceptors (Lipinski definition) is 6. The number of rotatable bonds is 5. The third kappa shape index (κ3) is 2.89. The highest BCUT2D eigenvalue weighted by molar-refractivity contribution is 5.92. The van der Waals surface area contributed by atoms with Crippen molar-refractivity contribution in [1.29, 1.82) is 0 Å². The molecule has 0 saturated heterocycles. The van der Waals surface area contributed by atoms with Gasteiger partial charge in [-0.15, -0.1) is 0 Å². The number of carbonyl (C=O) groups is 4. The van der Waals surface area contributed by atoms with Gasteiger partial charge in [-0.25, -0.2) is 0 Å². The Morgan fingerprint density at radius 1 is 1.10 bits per heavy atom. The Bertz CT molecular complexity index is 815. The zero-order chi connectivity index (χ0) is 21.7. The fourth-order valence-corrected chi connectivity index (χ4v) is 7.64. The Labute approximate surface area is 177 Å². The number of hydrogen-bond donors (Lipinski definition) is 0. The summed E-state index contributed by atoms with van der Waals surface area (Å²) in [6.07, 6.45) is 8.39. The molecule has 4 aliphatic carbocycles. The average Bonchev–Trinajstić information content (AvgIpc) is 3.00. The van der Waals surface area contributed by atoms with Gasteiger partial charge in [-0.1, -0.05) is 19.4 Å². The summed E-state index contributed by atoms with van der Waals surface area (Å²) < 4.78 is 10.6. The van der Waals surface area contributed by atoms with Crippen LogP contribution in [-0.2, 0) is 28.7 Å².